The summed E-state index contributed by atoms with van der Waals surface area (Å²) in [7, 11) is 1.39. The van der Waals surface area contributed by atoms with Crippen molar-refractivity contribution in [2.75, 3.05) is 33.4 Å². The van der Waals surface area contributed by atoms with Crippen molar-refractivity contribution in [2.45, 2.75) is 25.4 Å². The zero-order chi connectivity index (χ0) is 21.5. The Kier molecular flexibility index (Phi) is 7.12. The summed E-state index contributed by atoms with van der Waals surface area (Å²) in [6.07, 6.45) is 4.17. The molecule has 0 saturated carbocycles. The molecule has 0 spiro atoms. The zero-order valence-corrected chi connectivity index (χ0v) is 17.9. The van der Waals surface area contributed by atoms with E-state index in [0.717, 1.165) is 50.2 Å². The maximum absolute atomic E-state index is 11.7. The second-order valence-electron chi connectivity index (χ2n) is 7.94. The van der Waals surface area contributed by atoms with Crippen LogP contribution in [0.1, 0.15) is 40.4 Å². The number of H-pyrrole nitrogens is 1. The highest BCUT2D eigenvalue weighted by molar-refractivity contribution is 5.90. The first kappa shape index (κ1) is 21.3. The maximum Gasteiger partial charge on any atom is 0.337 e. The van der Waals surface area contributed by atoms with Crippen molar-refractivity contribution in [2.24, 2.45) is 0 Å². The highest BCUT2D eigenvalue weighted by atomic mass is 16.5. The van der Waals surface area contributed by atoms with Crippen LogP contribution < -0.4 is 0 Å². The van der Waals surface area contributed by atoms with Crippen LogP contribution in [0, 0.1) is 0 Å². The average Bonchev–Trinajstić information content (AvgIpc) is 3.32. The Bertz CT molecular complexity index is 969. The van der Waals surface area contributed by atoms with E-state index >= 15 is 0 Å². The van der Waals surface area contributed by atoms with E-state index in [1.165, 1.54) is 18.4 Å². The molecule has 1 unspecified atom stereocenters. The summed E-state index contributed by atoms with van der Waals surface area (Å²) >= 11 is 0. The Morgan fingerprint density at radius 2 is 1.97 bits per heavy atom. The number of aromatic amines is 1. The van der Waals surface area contributed by atoms with Gasteiger partial charge in [-0.1, -0.05) is 42.5 Å². The molecule has 1 fully saturated rings. The number of aromatic nitrogens is 2. The molecule has 1 atom stereocenters. The van der Waals surface area contributed by atoms with Crippen LogP contribution in [0.2, 0.25) is 0 Å². The number of rotatable bonds is 8. The molecule has 31 heavy (non-hydrogen) atoms. The number of benzene rings is 2. The number of hydrogen-bond acceptors (Lipinski definition) is 5. The van der Waals surface area contributed by atoms with Gasteiger partial charge in [0.25, 0.3) is 0 Å². The third kappa shape index (κ3) is 5.40. The SMILES string of the molecule is COC(=O)c1ccc(-c2cn[nH]c2C2CCCN(CCOCc3ccccc3)C2)cc1. The highest BCUT2D eigenvalue weighted by Crippen LogP contribution is 2.33. The number of nitrogens with one attached hydrogen (secondary N) is 1. The van der Waals surface area contributed by atoms with E-state index in [9.17, 15) is 4.79 Å². The first-order chi connectivity index (χ1) is 15.2. The van der Waals surface area contributed by atoms with E-state index in [-0.39, 0.29) is 5.97 Å². The molecule has 0 amide bonds. The number of hydrogen-bond donors (Lipinski definition) is 1. The summed E-state index contributed by atoms with van der Waals surface area (Å²) in [5.41, 5.74) is 5.08. The lowest BCUT2D eigenvalue weighted by molar-refractivity contribution is 0.0600. The van der Waals surface area contributed by atoms with Gasteiger partial charge in [0.2, 0.25) is 0 Å². The normalized spacial score (nSPS) is 16.9. The third-order valence-electron chi connectivity index (χ3n) is 5.86. The largest absolute Gasteiger partial charge is 0.465 e. The minimum Gasteiger partial charge on any atom is -0.465 e. The summed E-state index contributed by atoms with van der Waals surface area (Å²) in [5.74, 6) is 0.0806. The second-order valence-corrected chi connectivity index (χ2v) is 7.94. The van der Waals surface area contributed by atoms with Crippen molar-refractivity contribution in [3.8, 4) is 11.1 Å². The molecule has 1 aliphatic rings. The minimum atomic E-state index is -0.323. The van der Waals surface area contributed by atoms with E-state index in [1.807, 2.05) is 36.5 Å². The fourth-order valence-corrected chi connectivity index (χ4v) is 4.19. The Hall–Kier alpha value is -2.96. The minimum absolute atomic E-state index is 0.323. The van der Waals surface area contributed by atoms with Crippen LogP contribution in [0.4, 0.5) is 0 Å². The summed E-state index contributed by atoms with van der Waals surface area (Å²) in [6, 6.07) is 17.8. The molecule has 0 aliphatic carbocycles. The third-order valence-corrected chi connectivity index (χ3v) is 5.86. The van der Waals surface area contributed by atoms with E-state index in [2.05, 4.69) is 27.2 Å². The van der Waals surface area contributed by atoms with Gasteiger partial charge in [0, 0.05) is 30.3 Å². The first-order valence-electron chi connectivity index (χ1n) is 10.8. The molecule has 2 aromatic carbocycles. The number of carbonyl (C=O) groups excluding carboxylic acids is 1. The first-order valence-corrected chi connectivity index (χ1v) is 10.8. The van der Waals surface area contributed by atoms with Crippen LogP contribution in [0.3, 0.4) is 0 Å². The molecule has 0 radical (unpaired) electrons. The maximum atomic E-state index is 11.7. The van der Waals surface area contributed by atoms with Gasteiger partial charge in [-0.3, -0.25) is 5.10 Å². The molecule has 1 saturated heterocycles. The van der Waals surface area contributed by atoms with Gasteiger partial charge in [0.15, 0.2) is 0 Å². The number of methoxy groups -OCH3 is 1. The molecular weight excluding hydrogens is 390 g/mol. The highest BCUT2D eigenvalue weighted by Gasteiger charge is 2.25. The Labute approximate surface area is 183 Å². The van der Waals surface area contributed by atoms with E-state index in [0.29, 0.717) is 18.1 Å². The second kappa shape index (κ2) is 10.4. The Morgan fingerprint density at radius 3 is 2.74 bits per heavy atom. The molecule has 1 aromatic heterocycles. The van der Waals surface area contributed by atoms with Gasteiger partial charge in [-0.25, -0.2) is 4.79 Å². The van der Waals surface area contributed by atoms with Gasteiger partial charge in [-0.15, -0.1) is 0 Å². The molecule has 162 valence electrons. The van der Waals surface area contributed by atoms with Crippen LogP contribution in [0.5, 0.6) is 0 Å². The van der Waals surface area contributed by atoms with Crippen molar-refractivity contribution in [1.82, 2.24) is 15.1 Å². The van der Waals surface area contributed by atoms with Crippen LogP contribution in [-0.4, -0.2) is 54.4 Å². The average molecular weight is 420 g/mol. The quantitative estimate of drug-likeness (QED) is 0.437. The van der Waals surface area contributed by atoms with Gasteiger partial charge < -0.3 is 14.4 Å². The predicted molar refractivity (Wildman–Crippen MR) is 120 cm³/mol. The molecule has 0 bridgehead atoms. The molecular formula is C25H29N3O3. The zero-order valence-electron chi connectivity index (χ0n) is 17.9. The summed E-state index contributed by atoms with van der Waals surface area (Å²) < 4.78 is 10.7. The van der Waals surface area contributed by atoms with Crippen LogP contribution in [0.25, 0.3) is 11.1 Å². The van der Waals surface area contributed by atoms with E-state index in [4.69, 9.17) is 9.47 Å². The van der Waals surface area contributed by atoms with Crippen molar-refractivity contribution in [3.63, 3.8) is 0 Å². The fourth-order valence-electron chi connectivity index (χ4n) is 4.19. The van der Waals surface area contributed by atoms with Crippen LogP contribution >= 0.6 is 0 Å². The number of carbonyl (C=O) groups is 1. The number of nitrogens with zero attached hydrogens (tertiary/aromatic N) is 2. The lowest BCUT2D eigenvalue weighted by atomic mass is 9.90. The van der Waals surface area contributed by atoms with Crippen molar-refractivity contribution in [1.29, 1.82) is 0 Å². The summed E-state index contributed by atoms with van der Waals surface area (Å²) in [4.78, 5) is 14.2. The van der Waals surface area contributed by atoms with Crippen LogP contribution in [-0.2, 0) is 16.1 Å². The number of likely N-dealkylation sites (tertiary alicyclic amines) is 1. The Balaban J connectivity index is 1.34. The van der Waals surface area contributed by atoms with Crippen molar-refractivity contribution >= 4 is 5.97 Å². The van der Waals surface area contributed by atoms with Gasteiger partial charge in [0.1, 0.15) is 0 Å². The Morgan fingerprint density at radius 1 is 1.16 bits per heavy atom. The molecule has 2 heterocycles. The van der Waals surface area contributed by atoms with Gasteiger partial charge in [-0.2, -0.15) is 5.10 Å². The number of piperidine rings is 1. The molecule has 4 rings (SSSR count). The van der Waals surface area contributed by atoms with E-state index < -0.39 is 0 Å². The monoisotopic (exact) mass is 419 g/mol. The van der Waals surface area contributed by atoms with Crippen molar-refractivity contribution in [3.05, 3.63) is 77.6 Å². The number of esters is 1. The topological polar surface area (TPSA) is 67.5 Å². The molecule has 3 aromatic rings. The molecule has 6 nitrogen and oxygen atoms in total. The lowest BCUT2D eigenvalue weighted by Gasteiger charge is -2.32. The fraction of sp³-hybridized carbons (Fsp3) is 0.360. The number of ether oxygens (including phenoxy) is 2. The van der Waals surface area contributed by atoms with Gasteiger partial charge in [0.05, 0.1) is 32.1 Å². The molecule has 1 aliphatic heterocycles. The van der Waals surface area contributed by atoms with Gasteiger partial charge in [-0.05, 0) is 42.6 Å². The van der Waals surface area contributed by atoms with Gasteiger partial charge >= 0.3 is 5.97 Å². The van der Waals surface area contributed by atoms with Crippen molar-refractivity contribution < 1.29 is 14.3 Å². The summed E-state index contributed by atoms with van der Waals surface area (Å²) in [5, 5.41) is 7.55. The lowest BCUT2D eigenvalue weighted by Crippen LogP contribution is -2.36. The molecule has 1 N–H and O–H groups in total. The summed E-state index contributed by atoms with van der Waals surface area (Å²) in [6.45, 7) is 4.41. The smallest absolute Gasteiger partial charge is 0.337 e. The van der Waals surface area contributed by atoms with Crippen LogP contribution in [0.15, 0.2) is 60.8 Å². The van der Waals surface area contributed by atoms with E-state index in [1.54, 1.807) is 12.1 Å². The predicted octanol–water partition coefficient (Wildman–Crippen LogP) is 4.26. The molecule has 6 heteroatoms. The standard InChI is InChI=1S/C25H29N3O3/c1-30-25(29)21-11-9-20(10-12-21)23-16-26-27-24(23)22-8-5-13-28(17-22)14-15-31-18-19-6-3-2-4-7-19/h2-4,6-7,9-12,16,22H,5,8,13-15,17-18H2,1H3,(H,26,27).